The number of hydrogen-bond acceptors (Lipinski definition) is 3. The predicted molar refractivity (Wildman–Crippen MR) is 81.9 cm³/mol. The van der Waals surface area contributed by atoms with Crippen molar-refractivity contribution in [2.24, 2.45) is 5.92 Å². The summed E-state index contributed by atoms with van der Waals surface area (Å²) in [5.74, 6) is 0.490. The van der Waals surface area contributed by atoms with Crippen LogP contribution in [0.2, 0.25) is 0 Å². The summed E-state index contributed by atoms with van der Waals surface area (Å²) in [6.07, 6.45) is 1.05. The van der Waals surface area contributed by atoms with Crippen LogP contribution in [0.15, 0.2) is 0 Å². The van der Waals surface area contributed by atoms with Crippen LogP contribution in [0.25, 0.3) is 0 Å². The molecule has 0 radical (unpaired) electrons. The maximum absolute atomic E-state index is 12.1. The average Bonchev–Trinajstić information content (AvgIpc) is 2.38. The summed E-state index contributed by atoms with van der Waals surface area (Å²) in [4.78, 5) is 16.6. The fourth-order valence-electron chi connectivity index (χ4n) is 2.76. The number of rotatable bonds is 6. The summed E-state index contributed by atoms with van der Waals surface area (Å²) in [6.45, 7) is 12.8. The molecule has 20 heavy (non-hydrogen) atoms. The Balaban J connectivity index is 2.44. The molecular formula is C15H31N3O2. The smallest absolute Gasteiger partial charge is 0.317 e. The second-order valence-corrected chi connectivity index (χ2v) is 6.27. The molecular weight excluding hydrogens is 254 g/mol. The van der Waals surface area contributed by atoms with E-state index in [1.165, 1.54) is 0 Å². The van der Waals surface area contributed by atoms with Gasteiger partial charge in [-0.25, -0.2) is 4.79 Å². The van der Waals surface area contributed by atoms with Gasteiger partial charge in [-0.05, 0) is 26.2 Å². The zero-order valence-corrected chi connectivity index (χ0v) is 13.7. The van der Waals surface area contributed by atoms with Gasteiger partial charge in [-0.3, -0.25) is 4.90 Å². The minimum absolute atomic E-state index is 0.0777. The van der Waals surface area contributed by atoms with Gasteiger partial charge in [0.15, 0.2) is 0 Å². The third-order valence-corrected chi connectivity index (χ3v) is 3.82. The highest BCUT2D eigenvalue weighted by atomic mass is 16.5. The van der Waals surface area contributed by atoms with Crippen LogP contribution in [0.4, 0.5) is 4.79 Å². The summed E-state index contributed by atoms with van der Waals surface area (Å²) in [5, 5.41) is 3.01. The number of urea groups is 1. The minimum atomic E-state index is 0.0777. The molecule has 0 aromatic heterocycles. The molecule has 0 bridgehead atoms. The number of carbonyl (C=O) groups is 1. The predicted octanol–water partition coefficient (Wildman–Crippen LogP) is 1.78. The van der Waals surface area contributed by atoms with E-state index in [1.807, 2.05) is 4.90 Å². The lowest BCUT2D eigenvalue weighted by atomic mass is 10.1. The lowest BCUT2D eigenvalue weighted by molar-refractivity contribution is 0.0479. The molecule has 5 nitrogen and oxygen atoms in total. The molecule has 2 amide bonds. The van der Waals surface area contributed by atoms with Gasteiger partial charge in [0.1, 0.15) is 0 Å². The molecule has 2 unspecified atom stereocenters. The first kappa shape index (κ1) is 17.2. The molecule has 1 saturated heterocycles. The summed E-state index contributed by atoms with van der Waals surface area (Å²) in [6, 6.07) is 0.884. The number of hydrogen-bond donors (Lipinski definition) is 1. The highest BCUT2D eigenvalue weighted by Gasteiger charge is 2.31. The van der Waals surface area contributed by atoms with Crippen molar-refractivity contribution in [1.29, 1.82) is 0 Å². The number of piperazine rings is 1. The van der Waals surface area contributed by atoms with Gasteiger partial charge in [0.25, 0.3) is 0 Å². The van der Waals surface area contributed by atoms with Crippen molar-refractivity contribution in [3.63, 3.8) is 0 Å². The molecule has 0 aliphatic carbocycles. The fraction of sp³-hybridized carbons (Fsp3) is 0.933. The van der Waals surface area contributed by atoms with Crippen molar-refractivity contribution in [2.45, 2.75) is 46.2 Å². The molecule has 0 spiro atoms. The number of nitrogens with one attached hydrogen (secondary N) is 1. The van der Waals surface area contributed by atoms with Crippen LogP contribution < -0.4 is 5.32 Å². The van der Waals surface area contributed by atoms with E-state index in [-0.39, 0.29) is 6.03 Å². The van der Waals surface area contributed by atoms with Gasteiger partial charge in [0, 0.05) is 52.0 Å². The Morgan fingerprint density at radius 2 is 1.90 bits per heavy atom. The molecule has 0 aromatic rings. The third kappa shape index (κ3) is 5.29. The second kappa shape index (κ2) is 8.47. The van der Waals surface area contributed by atoms with Gasteiger partial charge in [0.05, 0.1) is 0 Å². The summed E-state index contributed by atoms with van der Waals surface area (Å²) in [7, 11) is 1.74. The van der Waals surface area contributed by atoms with Crippen LogP contribution >= 0.6 is 0 Å². The topological polar surface area (TPSA) is 44.8 Å². The number of carbonyl (C=O) groups excluding carboxylic acids is 1. The highest BCUT2D eigenvalue weighted by Crippen LogP contribution is 2.16. The normalized spacial score (nSPS) is 24.2. The third-order valence-electron chi connectivity index (χ3n) is 3.82. The van der Waals surface area contributed by atoms with Gasteiger partial charge in [0.2, 0.25) is 0 Å². The molecule has 1 aliphatic heterocycles. The largest absolute Gasteiger partial charge is 0.385 e. The van der Waals surface area contributed by atoms with Crippen molar-refractivity contribution in [1.82, 2.24) is 15.1 Å². The van der Waals surface area contributed by atoms with Gasteiger partial charge in [-0.1, -0.05) is 13.8 Å². The van der Waals surface area contributed by atoms with Gasteiger partial charge in [-0.2, -0.15) is 0 Å². The zero-order valence-electron chi connectivity index (χ0n) is 13.7. The van der Waals surface area contributed by atoms with E-state index >= 15 is 0 Å². The molecule has 1 N–H and O–H groups in total. The fourth-order valence-corrected chi connectivity index (χ4v) is 2.76. The maximum atomic E-state index is 12.1. The first-order valence-electron chi connectivity index (χ1n) is 7.73. The molecule has 1 rings (SSSR count). The molecule has 1 fully saturated rings. The van der Waals surface area contributed by atoms with Crippen LogP contribution in [0, 0.1) is 5.92 Å². The summed E-state index contributed by atoms with van der Waals surface area (Å²) >= 11 is 0. The van der Waals surface area contributed by atoms with E-state index in [9.17, 15) is 4.79 Å². The van der Waals surface area contributed by atoms with E-state index in [0.29, 0.717) is 18.0 Å². The summed E-state index contributed by atoms with van der Waals surface area (Å²) < 4.78 is 5.12. The monoisotopic (exact) mass is 285 g/mol. The molecule has 2 atom stereocenters. The number of methoxy groups -OCH3 is 1. The SMILES string of the molecule is COCCCN1C(C)CN(C(=O)NCC(C)C)CC1C. The minimum Gasteiger partial charge on any atom is -0.385 e. The van der Waals surface area contributed by atoms with Gasteiger partial charge in [-0.15, -0.1) is 0 Å². The highest BCUT2D eigenvalue weighted by molar-refractivity contribution is 5.74. The van der Waals surface area contributed by atoms with Crippen molar-refractivity contribution in [3.05, 3.63) is 0 Å². The Bertz CT molecular complexity index is 285. The van der Waals surface area contributed by atoms with E-state index < -0.39 is 0 Å². The van der Waals surface area contributed by atoms with Gasteiger partial charge < -0.3 is 15.0 Å². The Morgan fingerprint density at radius 1 is 1.30 bits per heavy atom. The average molecular weight is 285 g/mol. The van der Waals surface area contributed by atoms with Crippen LogP contribution in [-0.2, 0) is 4.74 Å². The molecule has 5 heteroatoms. The lowest BCUT2D eigenvalue weighted by Gasteiger charge is -2.44. The van der Waals surface area contributed by atoms with Crippen LogP contribution in [-0.4, -0.2) is 67.8 Å². The standard InChI is InChI=1S/C15H31N3O2/c1-12(2)9-16-15(19)17-10-13(3)18(14(4)11-17)7-6-8-20-5/h12-14H,6-11H2,1-5H3,(H,16,19). The van der Waals surface area contributed by atoms with Crippen molar-refractivity contribution < 1.29 is 9.53 Å². The van der Waals surface area contributed by atoms with Crippen LogP contribution in [0.1, 0.15) is 34.1 Å². The Morgan fingerprint density at radius 3 is 2.40 bits per heavy atom. The van der Waals surface area contributed by atoms with Crippen molar-refractivity contribution in [2.75, 3.05) is 39.9 Å². The van der Waals surface area contributed by atoms with Crippen LogP contribution in [0.3, 0.4) is 0 Å². The second-order valence-electron chi connectivity index (χ2n) is 6.27. The van der Waals surface area contributed by atoms with E-state index in [0.717, 1.165) is 39.2 Å². The first-order chi connectivity index (χ1) is 9.45. The quantitative estimate of drug-likeness (QED) is 0.757. The van der Waals surface area contributed by atoms with Crippen LogP contribution in [0.5, 0.6) is 0 Å². The Hall–Kier alpha value is -0.810. The lowest BCUT2D eigenvalue weighted by Crippen LogP contribution is -2.60. The molecule has 0 saturated carbocycles. The zero-order chi connectivity index (χ0) is 15.1. The number of nitrogens with zero attached hydrogens (tertiary/aromatic N) is 2. The number of ether oxygens (including phenoxy) is 1. The van der Waals surface area contributed by atoms with E-state index in [2.05, 4.69) is 37.9 Å². The van der Waals surface area contributed by atoms with Crippen molar-refractivity contribution >= 4 is 6.03 Å². The molecule has 1 heterocycles. The van der Waals surface area contributed by atoms with Crippen molar-refractivity contribution in [3.8, 4) is 0 Å². The molecule has 118 valence electrons. The Labute approximate surface area is 123 Å². The Kier molecular flexibility index (Phi) is 7.30. The maximum Gasteiger partial charge on any atom is 0.317 e. The van der Waals surface area contributed by atoms with Gasteiger partial charge >= 0.3 is 6.03 Å². The first-order valence-corrected chi connectivity index (χ1v) is 7.73. The number of amides is 2. The van der Waals surface area contributed by atoms with E-state index in [4.69, 9.17) is 4.74 Å². The van der Waals surface area contributed by atoms with E-state index in [1.54, 1.807) is 7.11 Å². The molecule has 0 aromatic carbocycles. The summed E-state index contributed by atoms with van der Waals surface area (Å²) in [5.41, 5.74) is 0. The molecule has 1 aliphatic rings.